The summed E-state index contributed by atoms with van der Waals surface area (Å²) in [6.45, 7) is 5.44. The first-order valence-electron chi connectivity index (χ1n) is 17.4. The normalized spacial score (nSPS) is 14.0. The summed E-state index contributed by atoms with van der Waals surface area (Å²) >= 11 is 0. The quantitative estimate of drug-likeness (QED) is 0.0859. The van der Waals surface area contributed by atoms with E-state index in [2.05, 4.69) is 10.6 Å². The van der Waals surface area contributed by atoms with Crippen molar-refractivity contribution in [3.8, 4) is 17.2 Å². The summed E-state index contributed by atoms with van der Waals surface area (Å²) in [5.41, 5.74) is 0.525. The number of benzene rings is 4. The zero-order valence-electron chi connectivity index (χ0n) is 29.9. The van der Waals surface area contributed by atoms with Crippen molar-refractivity contribution in [2.24, 2.45) is 0 Å². The summed E-state index contributed by atoms with van der Waals surface area (Å²) in [6.07, 6.45) is 2.14. The van der Waals surface area contributed by atoms with Crippen LogP contribution in [0.1, 0.15) is 64.0 Å². The second-order valence-corrected chi connectivity index (χ2v) is 15.5. The molecule has 5 rings (SSSR count). The van der Waals surface area contributed by atoms with Crippen molar-refractivity contribution in [1.29, 1.82) is 0 Å². The SMILES string of the molecule is CC(C)(C)NC(=O)O[C@@H](Cc1ccc(OCc2ccc(Oc3ccccc3)cc2)cc1)C(=O)NS(=O)(=O)c1ccc(NC2CCCCC2)c([N+](=O)[O-])c1. The monoisotopic (exact) mass is 744 g/mol. The molecule has 0 spiro atoms. The minimum absolute atomic E-state index is 0.0423. The van der Waals surface area contributed by atoms with Gasteiger partial charge in [-0.15, -0.1) is 0 Å². The van der Waals surface area contributed by atoms with Crippen LogP contribution >= 0.6 is 0 Å². The number of amides is 2. The molecule has 0 bridgehead atoms. The van der Waals surface area contributed by atoms with E-state index in [4.69, 9.17) is 14.2 Å². The Labute approximate surface area is 309 Å². The fraction of sp³-hybridized carbons (Fsp3) is 0.333. The van der Waals surface area contributed by atoms with Crippen LogP contribution in [0, 0.1) is 10.1 Å². The number of sulfonamides is 1. The van der Waals surface area contributed by atoms with Crippen molar-refractivity contribution in [3.05, 3.63) is 118 Å². The summed E-state index contributed by atoms with van der Waals surface area (Å²) in [4.78, 5) is 37.0. The van der Waals surface area contributed by atoms with Crippen LogP contribution in [-0.2, 0) is 32.6 Å². The summed E-state index contributed by atoms with van der Waals surface area (Å²) in [7, 11) is -4.60. The second kappa shape index (κ2) is 17.3. The van der Waals surface area contributed by atoms with Crippen molar-refractivity contribution in [1.82, 2.24) is 10.0 Å². The first kappa shape index (κ1) is 38.6. The van der Waals surface area contributed by atoms with Gasteiger partial charge in [0.05, 0.1) is 9.82 Å². The third kappa shape index (κ3) is 11.7. The third-order valence-corrected chi connectivity index (χ3v) is 9.69. The van der Waals surface area contributed by atoms with E-state index in [1.165, 1.54) is 12.1 Å². The average molecular weight is 745 g/mol. The molecule has 4 aromatic rings. The summed E-state index contributed by atoms with van der Waals surface area (Å²) in [5.74, 6) is 0.838. The summed E-state index contributed by atoms with van der Waals surface area (Å²) < 4.78 is 45.9. The highest BCUT2D eigenvalue weighted by Crippen LogP contribution is 2.31. The van der Waals surface area contributed by atoms with Gasteiger partial charge in [0.2, 0.25) is 0 Å². The molecule has 13 nitrogen and oxygen atoms in total. The van der Waals surface area contributed by atoms with Gasteiger partial charge < -0.3 is 24.8 Å². The van der Waals surface area contributed by atoms with E-state index >= 15 is 0 Å². The zero-order valence-corrected chi connectivity index (χ0v) is 30.7. The van der Waals surface area contributed by atoms with Gasteiger partial charge >= 0.3 is 6.09 Å². The molecule has 1 fully saturated rings. The van der Waals surface area contributed by atoms with E-state index in [1.807, 2.05) is 59.3 Å². The van der Waals surface area contributed by atoms with Gasteiger partial charge in [-0.3, -0.25) is 14.9 Å². The maximum absolute atomic E-state index is 13.5. The van der Waals surface area contributed by atoms with E-state index in [-0.39, 0.29) is 24.8 Å². The lowest BCUT2D eigenvalue weighted by Crippen LogP contribution is -2.47. The number of carbonyl (C=O) groups is 2. The number of para-hydroxylation sites is 1. The lowest BCUT2D eigenvalue weighted by molar-refractivity contribution is -0.384. The van der Waals surface area contributed by atoms with Gasteiger partial charge in [0, 0.05) is 24.1 Å². The fourth-order valence-electron chi connectivity index (χ4n) is 5.71. The van der Waals surface area contributed by atoms with E-state index in [9.17, 15) is 28.1 Å². The molecule has 1 aliphatic rings. The van der Waals surface area contributed by atoms with Crippen LogP contribution in [0.15, 0.2) is 102 Å². The van der Waals surface area contributed by atoms with E-state index in [0.29, 0.717) is 17.1 Å². The number of hydrogen-bond donors (Lipinski definition) is 3. The topological polar surface area (TPSA) is 175 Å². The molecule has 0 radical (unpaired) electrons. The second-order valence-electron chi connectivity index (χ2n) is 13.8. The van der Waals surface area contributed by atoms with Crippen LogP contribution in [0.2, 0.25) is 0 Å². The maximum Gasteiger partial charge on any atom is 0.408 e. The minimum atomic E-state index is -4.60. The van der Waals surface area contributed by atoms with E-state index < -0.39 is 49.2 Å². The highest BCUT2D eigenvalue weighted by atomic mass is 32.2. The molecule has 0 aliphatic heterocycles. The molecule has 3 N–H and O–H groups in total. The van der Waals surface area contributed by atoms with Crippen LogP contribution < -0.4 is 24.8 Å². The maximum atomic E-state index is 13.5. The number of nitro groups is 1. The molecule has 4 aromatic carbocycles. The average Bonchev–Trinajstić information content (AvgIpc) is 3.11. The fourth-order valence-corrected chi connectivity index (χ4v) is 6.74. The molecule has 1 aliphatic carbocycles. The highest BCUT2D eigenvalue weighted by molar-refractivity contribution is 7.90. The number of alkyl carbamates (subject to hydrolysis) is 1. The molecule has 0 heterocycles. The van der Waals surface area contributed by atoms with Gasteiger partial charge in [0.25, 0.3) is 21.6 Å². The zero-order chi connectivity index (χ0) is 38.0. The van der Waals surface area contributed by atoms with Crippen LogP contribution in [-0.4, -0.2) is 43.0 Å². The molecule has 0 saturated heterocycles. The standard InChI is InChI=1S/C39H44N4O9S/c1-39(2,3)41-38(45)52-36(37(44)42-53(48,49)33-22-23-34(35(25-33)43(46)47)40-29-10-6-4-7-11-29)24-27-14-18-30(19-15-27)50-26-28-16-20-32(21-17-28)51-31-12-8-5-9-13-31/h5,8-9,12-23,25,29,36,40H,4,6-7,10-11,24,26H2,1-3H3,(H,41,45)(H,42,44)/t36-/m0/s1. The molecule has 0 unspecified atom stereocenters. The highest BCUT2D eigenvalue weighted by Gasteiger charge is 2.31. The van der Waals surface area contributed by atoms with Gasteiger partial charge in [-0.25, -0.2) is 17.9 Å². The van der Waals surface area contributed by atoms with Crippen molar-refractivity contribution in [2.75, 3.05) is 5.32 Å². The molecule has 0 aromatic heterocycles. The van der Waals surface area contributed by atoms with E-state index in [0.717, 1.165) is 49.5 Å². The molecular formula is C39H44N4O9S. The molecule has 1 atom stereocenters. The first-order valence-corrected chi connectivity index (χ1v) is 18.9. The van der Waals surface area contributed by atoms with Crippen molar-refractivity contribution in [2.45, 2.75) is 88.5 Å². The van der Waals surface area contributed by atoms with Crippen LogP contribution in [0.25, 0.3) is 0 Å². The van der Waals surface area contributed by atoms with E-state index in [1.54, 1.807) is 45.0 Å². The number of nitrogens with zero attached hydrogens (tertiary/aromatic N) is 1. The van der Waals surface area contributed by atoms with Gasteiger partial charge in [0.15, 0.2) is 6.10 Å². The number of hydrogen-bond acceptors (Lipinski definition) is 10. The molecule has 1 saturated carbocycles. The minimum Gasteiger partial charge on any atom is -0.489 e. The van der Waals surface area contributed by atoms with Gasteiger partial charge in [0.1, 0.15) is 29.5 Å². The number of nitrogens with one attached hydrogen (secondary N) is 3. The Kier molecular flexibility index (Phi) is 12.6. The summed E-state index contributed by atoms with van der Waals surface area (Å²) in [5, 5.41) is 17.7. The predicted molar refractivity (Wildman–Crippen MR) is 200 cm³/mol. The molecule has 280 valence electrons. The number of carbonyl (C=O) groups excluding carboxylic acids is 2. The molecular weight excluding hydrogens is 701 g/mol. The Bertz CT molecular complexity index is 1980. The first-order chi connectivity index (χ1) is 25.2. The lowest BCUT2D eigenvalue weighted by atomic mass is 9.95. The largest absolute Gasteiger partial charge is 0.489 e. The Hall–Kier alpha value is -5.63. The van der Waals surface area contributed by atoms with Crippen molar-refractivity contribution >= 4 is 33.4 Å². The Morgan fingerprint density at radius 3 is 2.11 bits per heavy atom. The Morgan fingerprint density at radius 1 is 0.849 bits per heavy atom. The third-order valence-electron chi connectivity index (χ3n) is 8.35. The summed E-state index contributed by atoms with van der Waals surface area (Å²) in [6, 6.07) is 27.1. The van der Waals surface area contributed by atoms with Crippen LogP contribution in [0.3, 0.4) is 0 Å². The number of nitro benzene ring substituents is 1. The Balaban J connectivity index is 1.24. The number of rotatable bonds is 14. The van der Waals surface area contributed by atoms with Crippen molar-refractivity contribution in [3.63, 3.8) is 0 Å². The van der Waals surface area contributed by atoms with Crippen LogP contribution in [0.4, 0.5) is 16.2 Å². The number of anilines is 1. The Morgan fingerprint density at radius 2 is 1.47 bits per heavy atom. The smallest absolute Gasteiger partial charge is 0.408 e. The van der Waals surface area contributed by atoms with Crippen molar-refractivity contribution < 1.29 is 37.1 Å². The van der Waals surface area contributed by atoms with Gasteiger partial charge in [-0.2, -0.15) is 0 Å². The molecule has 14 heteroatoms. The predicted octanol–water partition coefficient (Wildman–Crippen LogP) is 7.65. The number of ether oxygens (including phenoxy) is 3. The lowest BCUT2D eigenvalue weighted by Gasteiger charge is -2.24. The van der Waals surface area contributed by atoms with Crippen LogP contribution in [0.5, 0.6) is 17.2 Å². The van der Waals surface area contributed by atoms with Gasteiger partial charge in [-0.05, 0) is 93.3 Å². The van der Waals surface area contributed by atoms with Gasteiger partial charge in [-0.1, -0.05) is 61.7 Å². The molecule has 53 heavy (non-hydrogen) atoms. The molecule has 2 amide bonds.